The molecule has 0 unspecified atom stereocenters. The summed E-state index contributed by atoms with van der Waals surface area (Å²) in [5.41, 5.74) is 17.2. The van der Waals surface area contributed by atoms with E-state index in [1.54, 1.807) is 0 Å². The predicted molar refractivity (Wildman–Crippen MR) is 313 cm³/mol. The van der Waals surface area contributed by atoms with Crippen molar-refractivity contribution in [3.05, 3.63) is 272 Å². The second-order valence-corrected chi connectivity index (χ2v) is 19.2. The van der Waals surface area contributed by atoms with E-state index < -0.39 is 0 Å². The zero-order chi connectivity index (χ0) is 51.7. The first-order valence-corrected chi connectivity index (χ1v) is 25.8. The third kappa shape index (κ3) is 9.41. The lowest BCUT2D eigenvalue weighted by molar-refractivity contribution is 0.484. The van der Waals surface area contributed by atoms with Crippen LogP contribution in [0.1, 0.15) is 11.1 Å². The van der Waals surface area contributed by atoms with Crippen LogP contribution in [-0.2, 0) is 0 Å². The van der Waals surface area contributed by atoms with Crippen LogP contribution in [0.4, 0.5) is 0 Å². The summed E-state index contributed by atoms with van der Waals surface area (Å²) in [5.74, 6) is 4.97. The summed E-state index contributed by atoms with van der Waals surface area (Å²) < 4.78 is 19.8. The maximum atomic E-state index is 6.74. The molecule has 0 saturated heterocycles. The molecule has 0 fully saturated rings. The molecule has 13 aromatic rings. The minimum atomic E-state index is 0.600. The fraction of sp³-hybridized carbons (Fsp3) is 0.0282. The highest BCUT2D eigenvalue weighted by Crippen LogP contribution is 2.44. The summed E-state index contributed by atoms with van der Waals surface area (Å²) in [5, 5.41) is 2.07. The normalized spacial score (nSPS) is 11.2. The van der Waals surface area contributed by atoms with Crippen LogP contribution in [0.2, 0.25) is 0 Å². The second kappa shape index (κ2) is 20.3. The van der Waals surface area contributed by atoms with Crippen molar-refractivity contribution >= 4 is 21.9 Å². The van der Waals surface area contributed by atoms with E-state index in [0.29, 0.717) is 17.5 Å². The van der Waals surface area contributed by atoms with E-state index in [1.807, 2.05) is 140 Å². The first-order chi connectivity index (χ1) is 38.0. The van der Waals surface area contributed by atoms with Crippen LogP contribution in [0.3, 0.4) is 0 Å². The summed E-state index contributed by atoms with van der Waals surface area (Å²) in [6, 6.07) is 89.4. The predicted octanol–water partition coefficient (Wildman–Crippen LogP) is 19.3. The number of rotatable bonds is 12. The summed E-state index contributed by atoms with van der Waals surface area (Å²) in [4.78, 5) is 15.0. The zero-order valence-corrected chi connectivity index (χ0v) is 42.4. The van der Waals surface area contributed by atoms with Gasteiger partial charge in [0.2, 0.25) is 0 Å². The van der Waals surface area contributed by atoms with E-state index in [0.717, 1.165) is 128 Å². The standard InChI is InChI=1S/C71H49N3O3/c1-46-33-35-50(42-60(46)59-29-15-16-31-64(59)75-56-25-11-5-12-26-56)52-37-39-65(76-57-27-13-6-14-28-57)62(44-52)61-43-51(36-34-47(61)2)53-38-40-66-63(45-53)68-58(30-18-32-67(68)77-66)54-23-17-24-55(41-54)71-73-69(48-19-7-3-8-20-48)72-70(74-71)49-21-9-4-10-22-49/h3-45H,1-2H3. The molecule has 0 aliphatic carbocycles. The van der Waals surface area contributed by atoms with E-state index in [9.17, 15) is 0 Å². The molecule has 0 atom stereocenters. The van der Waals surface area contributed by atoms with Crippen molar-refractivity contribution in [2.24, 2.45) is 0 Å². The second-order valence-electron chi connectivity index (χ2n) is 19.2. The number of hydrogen-bond donors (Lipinski definition) is 0. The first-order valence-electron chi connectivity index (χ1n) is 25.8. The Morgan fingerprint density at radius 3 is 1.35 bits per heavy atom. The zero-order valence-electron chi connectivity index (χ0n) is 42.4. The Balaban J connectivity index is 0.891. The Labute approximate surface area is 447 Å². The Hall–Kier alpha value is -10.2. The van der Waals surface area contributed by atoms with E-state index in [1.165, 1.54) is 0 Å². The van der Waals surface area contributed by atoms with Crippen molar-refractivity contribution in [1.29, 1.82) is 0 Å². The van der Waals surface area contributed by atoms with Crippen LogP contribution in [0, 0.1) is 13.8 Å². The summed E-state index contributed by atoms with van der Waals surface area (Å²) in [6.07, 6.45) is 0. The maximum absolute atomic E-state index is 6.74. The SMILES string of the molecule is Cc1ccc(-c2ccc(Oc3ccccc3)c(-c3cc(-c4ccc5oc6cccc(-c7cccc(-c8nc(-c9ccccc9)nc(-c9ccccc9)n8)c7)c6c5c4)ccc3C)c2)cc1-c1ccccc1Oc1ccccc1. The molecule has 0 radical (unpaired) electrons. The molecule has 11 aromatic carbocycles. The molecule has 0 aliphatic rings. The molecule has 0 aliphatic heterocycles. The van der Waals surface area contributed by atoms with Gasteiger partial charge in [0.05, 0.1) is 0 Å². The van der Waals surface area contributed by atoms with Crippen molar-refractivity contribution in [1.82, 2.24) is 15.0 Å². The number of nitrogens with zero attached hydrogens (tertiary/aromatic N) is 3. The number of aryl methyl sites for hydroxylation is 2. The minimum absolute atomic E-state index is 0.600. The molecule has 0 saturated carbocycles. The van der Waals surface area contributed by atoms with E-state index in [2.05, 4.69) is 135 Å². The molecule has 2 aromatic heterocycles. The molecule has 0 bridgehead atoms. The van der Waals surface area contributed by atoms with Crippen LogP contribution in [0.15, 0.2) is 265 Å². The highest BCUT2D eigenvalue weighted by atomic mass is 16.5. The average Bonchev–Trinajstić information content (AvgIpc) is 3.97. The van der Waals surface area contributed by atoms with Crippen LogP contribution in [-0.4, -0.2) is 15.0 Å². The topological polar surface area (TPSA) is 70.3 Å². The maximum Gasteiger partial charge on any atom is 0.164 e. The Morgan fingerprint density at radius 2 is 0.727 bits per heavy atom. The van der Waals surface area contributed by atoms with E-state index in [-0.39, 0.29) is 0 Å². The molecule has 2 heterocycles. The summed E-state index contributed by atoms with van der Waals surface area (Å²) in [6.45, 7) is 4.32. The van der Waals surface area contributed by atoms with Gasteiger partial charge in [0, 0.05) is 38.6 Å². The molecule has 0 N–H and O–H groups in total. The lowest BCUT2D eigenvalue weighted by Crippen LogP contribution is -2.00. The highest BCUT2D eigenvalue weighted by molar-refractivity contribution is 6.13. The van der Waals surface area contributed by atoms with Gasteiger partial charge in [-0.3, -0.25) is 0 Å². The van der Waals surface area contributed by atoms with Crippen LogP contribution in [0.25, 0.3) is 112 Å². The lowest BCUT2D eigenvalue weighted by Gasteiger charge is -2.18. The molecule has 13 rings (SSSR count). The largest absolute Gasteiger partial charge is 0.457 e. The van der Waals surface area contributed by atoms with Crippen molar-refractivity contribution in [3.8, 4) is 113 Å². The average molecular weight is 992 g/mol. The number of ether oxygens (including phenoxy) is 2. The van der Waals surface area contributed by atoms with Gasteiger partial charge in [0.1, 0.15) is 34.2 Å². The van der Waals surface area contributed by atoms with Gasteiger partial charge in [-0.25, -0.2) is 15.0 Å². The van der Waals surface area contributed by atoms with Gasteiger partial charge in [-0.05, 0) is 148 Å². The number of furan rings is 1. The van der Waals surface area contributed by atoms with Crippen LogP contribution < -0.4 is 9.47 Å². The van der Waals surface area contributed by atoms with Gasteiger partial charge in [-0.1, -0.05) is 182 Å². The highest BCUT2D eigenvalue weighted by Gasteiger charge is 2.20. The van der Waals surface area contributed by atoms with Gasteiger partial charge in [-0.2, -0.15) is 0 Å². The molecule has 366 valence electrons. The van der Waals surface area contributed by atoms with Gasteiger partial charge < -0.3 is 13.9 Å². The molecular weight excluding hydrogens is 943 g/mol. The van der Waals surface area contributed by atoms with Gasteiger partial charge in [0.15, 0.2) is 17.5 Å². The molecule has 77 heavy (non-hydrogen) atoms. The minimum Gasteiger partial charge on any atom is -0.457 e. The first kappa shape index (κ1) is 46.6. The summed E-state index contributed by atoms with van der Waals surface area (Å²) >= 11 is 0. The third-order valence-corrected chi connectivity index (χ3v) is 14.2. The number of para-hydroxylation sites is 3. The van der Waals surface area contributed by atoms with E-state index >= 15 is 0 Å². The number of fused-ring (bicyclic) bond motifs is 3. The molecule has 6 heteroatoms. The molecular formula is C71H49N3O3. The Kier molecular flexibility index (Phi) is 12.3. The van der Waals surface area contributed by atoms with Crippen molar-refractivity contribution in [2.75, 3.05) is 0 Å². The molecule has 0 spiro atoms. The lowest BCUT2D eigenvalue weighted by atomic mass is 9.90. The quantitative estimate of drug-likeness (QED) is 0.121. The van der Waals surface area contributed by atoms with E-state index in [4.69, 9.17) is 28.8 Å². The monoisotopic (exact) mass is 991 g/mol. The summed E-state index contributed by atoms with van der Waals surface area (Å²) in [7, 11) is 0. The number of benzene rings is 11. The third-order valence-electron chi connectivity index (χ3n) is 14.2. The Bertz CT molecular complexity index is 4230. The number of hydrogen-bond acceptors (Lipinski definition) is 6. The number of aromatic nitrogens is 3. The van der Waals surface area contributed by atoms with Crippen LogP contribution in [0.5, 0.6) is 23.0 Å². The van der Waals surface area contributed by atoms with Crippen molar-refractivity contribution < 1.29 is 13.9 Å². The van der Waals surface area contributed by atoms with Gasteiger partial charge in [-0.15, -0.1) is 0 Å². The Morgan fingerprint density at radius 1 is 0.286 bits per heavy atom. The van der Waals surface area contributed by atoms with Gasteiger partial charge >= 0.3 is 0 Å². The smallest absolute Gasteiger partial charge is 0.164 e. The van der Waals surface area contributed by atoms with Crippen molar-refractivity contribution in [2.45, 2.75) is 13.8 Å². The van der Waals surface area contributed by atoms with Crippen molar-refractivity contribution in [3.63, 3.8) is 0 Å². The van der Waals surface area contributed by atoms with Crippen LogP contribution >= 0.6 is 0 Å². The molecule has 6 nitrogen and oxygen atoms in total. The fourth-order valence-corrected chi connectivity index (χ4v) is 10.2. The van der Waals surface area contributed by atoms with Gasteiger partial charge in [0.25, 0.3) is 0 Å². The molecule has 0 amide bonds. The fourth-order valence-electron chi connectivity index (χ4n) is 10.2.